The van der Waals surface area contributed by atoms with Gasteiger partial charge >= 0.3 is 11.9 Å². The molecule has 3 heterocycles. The number of carbonyl (C=O) groups excluding carboxylic acids is 2. The van der Waals surface area contributed by atoms with Crippen molar-refractivity contribution in [2.24, 2.45) is 0 Å². The molecule has 8 N–H and O–H groups in total. The third-order valence-electron chi connectivity index (χ3n) is 8.10. The van der Waals surface area contributed by atoms with Gasteiger partial charge in [0.1, 0.15) is 71.8 Å². The molecular formula is C32H36O19. The second kappa shape index (κ2) is 15.3. The summed E-state index contributed by atoms with van der Waals surface area (Å²) in [6.45, 7) is 0.632. The van der Waals surface area contributed by atoms with Gasteiger partial charge in [-0.1, -0.05) is 0 Å². The van der Waals surface area contributed by atoms with Crippen molar-refractivity contribution < 1.29 is 88.0 Å². The summed E-state index contributed by atoms with van der Waals surface area (Å²) < 4.78 is 43.8. The van der Waals surface area contributed by atoms with E-state index in [0.717, 1.165) is 26.0 Å². The minimum Gasteiger partial charge on any atom is -0.508 e. The molecular weight excluding hydrogens is 688 g/mol. The number of rotatable bonds is 10. The van der Waals surface area contributed by atoms with Gasteiger partial charge in [-0.25, -0.2) is 0 Å². The highest BCUT2D eigenvalue weighted by molar-refractivity contribution is 5.88. The van der Waals surface area contributed by atoms with E-state index in [1.807, 2.05) is 0 Å². The topological polar surface area (TPSA) is 291 Å². The molecule has 0 amide bonds. The number of esters is 2. The molecule has 19 heteroatoms. The lowest BCUT2D eigenvalue weighted by atomic mass is 9.96. The Hall–Kier alpha value is -4.73. The Bertz CT molecular complexity index is 1810. The third kappa shape index (κ3) is 7.65. The van der Waals surface area contributed by atoms with E-state index < -0.39 is 115 Å². The SMILES string of the molecule is COc1cc(-c2oc3cc(O)cc(O)c3c(=O)c2O[C@@H]2O[C@H](CO)[C@H](O)[C@@H](O[C@@H]3O[C@H](COC(C)=O)[C@@H](OC(C)=O)[C@H](O)[C@@H]3O)[C@H]2O)ccc1O. The van der Waals surface area contributed by atoms with Crippen LogP contribution in [0.4, 0.5) is 0 Å². The number of phenols is 3. The highest BCUT2D eigenvalue weighted by Crippen LogP contribution is 2.40. The predicted molar refractivity (Wildman–Crippen MR) is 166 cm³/mol. The molecule has 5 rings (SSSR count). The normalized spacial score (nSPS) is 29.3. The molecule has 2 aliphatic rings. The first-order valence-electron chi connectivity index (χ1n) is 15.3. The Morgan fingerprint density at radius 3 is 2.18 bits per heavy atom. The number of methoxy groups -OCH3 is 1. The molecule has 2 aliphatic heterocycles. The summed E-state index contributed by atoms with van der Waals surface area (Å²) in [6.07, 6.45) is -18.0. The molecule has 0 unspecified atom stereocenters. The predicted octanol–water partition coefficient (Wildman–Crippen LogP) is -1.27. The first kappa shape index (κ1) is 37.5. The smallest absolute Gasteiger partial charge is 0.303 e. The largest absolute Gasteiger partial charge is 0.508 e. The average molecular weight is 725 g/mol. The fraction of sp³-hybridized carbons (Fsp3) is 0.469. The highest BCUT2D eigenvalue weighted by atomic mass is 16.7. The van der Waals surface area contributed by atoms with E-state index in [9.17, 15) is 55.2 Å². The number of phenolic OH excluding ortho intramolecular Hbond substituents is 3. The molecule has 3 aromatic rings. The monoisotopic (exact) mass is 724 g/mol. The highest BCUT2D eigenvalue weighted by Gasteiger charge is 2.53. The van der Waals surface area contributed by atoms with Crippen molar-refractivity contribution in [3.05, 3.63) is 40.6 Å². The second-order valence-electron chi connectivity index (χ2n) is 11.6. The van der Waals surface area contributed by atoms with Crippen molar-refractivity contribution in [2.75, 3.05) is 20.3 Å². The number of hydrogen-bond donors (Lipinski definition) is 8. The van der Waals surface area contributed by atoms with E-state index in [4.69, 9.17) is 37.6 Å². The van der Waals surface area contributed by atoms with Gasteiger partial charge in [0.15, 0.2) is 29.7 Å². The van der Waals surface area contributed by atoms with Crippen LogP contribution in [0.1, 0.15) is 13.8 Å². The van der Waals surface area contributed by atoms with Crippen LogP contribution in [0.5, 0.6) is 28.7 Å². The van der Waals surface area contributed by atoms with E-state index in [1.54, 1.807) is 0 Å². The van der Waals surface area contributed by atoms with Crippen LogP contribution in [0.2, 0.25) is 0 Å². The maximum atomic E-state index is 13.9. The molecule has 2 saturated heterocycles. The van der Waals surface area contributed by atoms with Crippen LogP contribution in [0, 0.1) is 0 Å². The third-order valence-corrected chi connectivity index (χ3v) is 8.10. The summed E-state index contributed by atoms with van der Waals surface area (Å²) in [5.74, 6) is -4.17. The van der Waals surface area contributed by atoms with Crippen molar-refractivity contribution in [1.29, 1.82) is 0 Å². The maximum Gasteiger partial charge on any atom is 0.303 e. The van der Waals surface area contributed by atoms with Crippen LogP contribution in [-0.4, -0.2) is 135 Å². The first-order valence-corrected chi connectivity index (χ1v) is 15.3. The standard InChI is InChI=1S/C32H36O19/c1-11(34)45-10-20-28(46-12(2)35)24(41)25(42)31(49-20)50-29-22(39)19(9-33)48-32(26(29)43)51-30-23(40)21-16(38)7-14(36)8-18(21)47-27(30)13-4-5-15(37)17(6-13)44-3/h4-8,19-20,22,24-26,28-29,31-33,36-39,41-43H,9-10H2,1-3H3/t19-,20-,22+,24-,25+,26-,28-,29-,31+,32+/m1/s1. The molecule has 278 valence electrons. The van der Waals surface area contributed by atoms with E-state index >= 15 is 0 Å². The molecule has 0 bridgehead atoms. The summed E-state index contributed by atoms with van der Waals surface area (Å²) in [5, 5.41) is 84.4. The summed E-state index contributed by atoms with van der Waals surface area (Å²) in [6, 6.07) is 5.69. The van der Waals surface area contributed by atoms with Crippen LogP contribution in [0.25, 0.3) is 22.3 Å². The molecule has 10 atom stereocenters. The van der Waals surface area contributed by atoms with E-state index in [0.29, 0.717) is 0 Å². The number of hydrogen-bond acceptors (Lipinski definition) is 19. The Morgan fingerprint density at radius 2 is 1.53 bits per heavy atom. The maximum absolute atomic E-state index is 13.9. The number of aromatic hydroxyl groups is 3. The molecule has 51 heavy (non-hydrogen) atoms. The van der Waals surface area contributed by atoms with E-state index in [-0.39, 0.29) is 28.4 Å². The zero-order valence-corrected chi connectivity index (χ0v) is 27.1. The van der Waals surface area contributed by atoms with Crippen LogP contribution < -0.4 is 14.9 Å². The lowest BCUT2D eigenvalue weighted by molar-refractivity contribution is -0.353. The van der Waals surface area contributed by atoms with E-state index in [2.05, 4.69) is 0 Å². The number of benzene rings is 2. The van der Waals surface area contributed by atoms with Gasteiger partial charge in [-0.15, -0.1) is 0 Å². The molecule has 0 spiro atoms. The number of aliphatic hydroxyl groups is 5. The van der Waals surface area contributed by atoms with Gasteiger partial charge in [0.25, 0.3) is 0 Å². The lowest BCUT2D eigenvalue weighted by Gasteiger charge is -2.46. The Balaban J connectivity index is 1.52. The van der Waals surface area contributed by atoms with Gasteiger partial charge in [-0.05, 0) is 18.2 Å². The minimum atomic E-state index is -2.07. The number of carbonyl (C=O) groups is 2. The van der Waals surface area contributed by atoms with Crippen LogP contribution in [0.3, 0.4) is 0 Å². The zero-order valence-electron chi connectivity index (χ0n) is 27.1. The molecule has 1 aromatic heterocycles. The second-order valence-corrected chi connectivity index (χ2v) is 11.6. The van der Waals surface area contributed by atoms with Gasteiger partial charge in [-0.2, -0.15) is 0 Å². The molecule has 2 aromatic carbocycles. The minimum absolute atomic E-state index is 0.0537. The zero-order chi connectivity index (χ0) is 37.3. The summed E-state index contributed by atoms with van der Waals surface area (Å²) in [4.78, 5) is 37.0. The lowest BCUT2D eigenvalue weighted by Crippen LogP contribution is -2.65. The van der Waals surface area contributed by atoms with Crippen molar-refractivity contribution in [3.63, 3.8) is 0 Å². The van der Waals surface area contributed by atoms with Crippen molar-refractivity contribution in [3.8, 4) is 40.1 Å². The summed E-state index contributed by atoms with van der Waals surface area (Å²) >= 11 is 0. The molecule has 0 saturated carbocycles. The Kier molecular flexibility index (Phi) is 11.2. The first-order chi connectivity index (χ1) is 24.1. The average Bonchev–Trinajstić information content (AvgIpc) is 3.07. The van der Waals surface area contributed by atoms with E-state index in [1.165, 1.54) is 25.3 Å². The molecule has 19 nitrogen and oxygen atoms in total. The van der Waals surface area contributed by atoms with Gasteiger partial charge in [0.05, 0.1) is 13.7 Å². The fourth-order valence-electron chi connectivity index (χ4n) is 5.66. The molecule has 2 fully saturated rings. The molecule has 0 radical (unpaired) electrons. The van der Waals surface area contributed by atoms with Crippen LogP contribution in [0.15, 0.2) is 39.5 Å². The van der Waals surface area contributed by atoms with Gasteiger partial charge in [0.2, 0.25) is 17.5 Å². The van der Waals surface area contributed by atoms with Gasteiger partial charge < -0.3 is 78.4 Å². The fourth-order valence-corrected chi connectivity index (χ4v) is 5.66. The number of fused-ring (bicyclic) bond motifs is 1. The Morgan fingerprint density at radius 1 is 0.824 bits per heavy atom. The van der Waals surface area contributed by atoms with Crippen LogP contribution >= 0.6 is 0 Å². The van der Waals surface area contributed by atoms with Crippen molar-refractivity contribution in [2.45, 2.75) is 75.3 Å². The van der Waals surface area contributed by atoms with Gasteiger partial charge in [-0.3, -0.25) is 14.4 Å². The summed E-state index contributed by atoms with van der Waals surface area (Å²) in [5.41, 5.74) is -1.26. The van der Waals surface area contributed by atoms with Crippen LogP contribution in [-0.2, 0) is 33.3 Å². The van der Waals surface area contributed by atoms with Gasteiger partial charge in [0, 0.05) is 31.5 Å². The van der Waals surface area contributed by atoms with Crippen molar-refractivity contribution >= 4 is 22.9 Å². The molecule has 0 aliphatic carbocycles. The number of aliphatic hydroxyl groups excluding tert-OH is 5. The quantitative estimate of drug-likeness (QED) is 0.113. The summed E-state index contributed by atoms with van der Waals surface area (Å²) in [7, 11) is 1.26. The van der Waals surface area contributed by atoms with Crippen molar-refractivity contribution in [1.82, 2.24) is 0 Å². The Labute approximate surface area is 287 Å². The number of ether oxygens (including phenoxy) is 7.